The van der Waals surface area contributed by atoms with E-state index in [0.29, 0.717) is 23.0 Å². The van der Waals surface area contributed by atoms with Crippen molar-refractivity contribution in [2.75, 3.05) is 11.9 Å². The van der Waals surface area contributed by atoms with Crippen LogP contribution < -0.4 is 15.8 Å². The number of tetrazole rings is 1. The Morgan fingerprint density at radius 1 is 1.11 bits per heavy atom. The molecule has 0 atom stereocenters. The maximum absolute atomic E-state index is 12.1. The van der Waals surface area contributed by atoms with Gasteiger partial charge in [-0.3, -0.25) is 9.59 Å². The van der Waals surface area contributed by atoms with Gasteiger partial charge < -0.3 is 15.8 Å². The standard InChI is InChI=1S/C19H20N6O3/c1-12(2)13-3-9-16(10-4-13)28-11-17(26)21-14-5-7-15(8-6-14)25-23-19(18(20)27)22-24-25/h3-10,12H,11H2,1-2H3,(H2,20,27)(H,21,26). The largest absolute Gasteiger partial charge is 0.484 e. The number of carbonyl (C=O) groups is 2. The smallest absolute Gasteiger partial charge is 0.290 e. The molecule has 3 aromatic rings. The van der Waals surface area contributed by atoms with Crippen molar-refractivity contribution in [3.8, 4) is 11.4 Å². The quantitative estimate of drug-likeness (QED) is 0.645. The van der Waals surface area contributed by atoms with E-state index < -0.39 is 5.91 Å². The second-order valence-electron chi connectivity index (χ2n) is 6.37. The summed E-state index contributed by atoms with van der Waals surface area (Å²) >= 11 is 0. The summed E-state index contributed by atoms with van der Waals surface area (Å²) in [5.41, 5.74) is 7.46. The highest BCUT2D eigenvalue weighted by Crippen LogP contribution is 2.18. The number of primary amides is 1. The molecule has 3 N–H and O–H groups in total. The number of nitrogens with zero attached hydrogens (tertiary/aromatic N) is 4. The SMILES string of the molecule is CC(C)c1ccc(OCC(=O)Nc2ccc(-n3nnc(C(N)=O)n3)cc2)cc1. The van der Waals surface area contributed by atoms with Gasteiger partial charge in [0.2, 0.25) is 0 Å². The van der Waals surface area contributed by atoms with Crippen molar-refractivity contribution in [3.05, 3.63) is 59.9 Å². The van der Waals surface area contributed by atoms with Crippen LogP contribution in [0.3, 0.4) is 0 Å². The Labute approximate surface area is 161 Å². The van der Waals surface area contributed by atoms with Crippen LogP contribution in [-0.4, -0.2) is 38.6 Å². The first-order valence-electron chi connectivity index (χ1n) is 8.65. The average Bonchev–Trinajstić information content (AvgIpc) is 3.18. The number of anilines is 1. The predicted octanol–water partition coefficient (Wildman–Crippen LogP) is 1.90. The van der Waals surface area contributed by atoms with Gasteiger partial charge in [0.25, 0.3) is 17.6 Å². The van der Waals surface area contributed by atoms with Crippen molar-refractivity contribution in [2.24, 2.45) is 5.73 Å². The van der Waals surface area contributed by atoms with Crippen LogP contribution in [0.25, 0.3) is 5.69 Å². The number of nitrogens with two attached hydrogens (primary N) is 1. The summed E-state index contributed by atoms with van der Waals surface area (Å²) < 4.78 is 5.50. The van der Waals surface area contributed by atoms with Gasteiger partial charge in [0.15, 0.2) is 6.61 Å². The number of benzene rings is 2. The van der Waals surface area contributed by atoms with E-state index in [0.717, 1.165) is 0 Å². The average molecular weight is 380 g/mol. The van der Waals surface area contributed by atoms with E-state index in [1.807, 2.05) is 24.3 Å². The lowest BCUT2D eigenvalue weighted by Gasteiger charge is -2.09. The molecule has 9 nitrogen and oxygen atoms in total. The first-order chi connectivity index (χ1) is 13.4. The van der Waals surface area contributed by atoms with Gasteiger partial charge in [0.05, 0.1) is 5.69 Å². The molecule has 0 aliphatic heterocycles. The summed E-state index contributed by atoms with van der Waals surface area (Å²) in [6.07, 6.45) is 0. The Bertz CT molecular complexity index is 964. The molecule has 2 amide bonds. The molecule has 0 aliphatic carbocycles. The molecule has 0 unspecified atom stereocenters. The van der Waals surface area contributed by atoms with Crippen LogP contribution in [-0.2, 0) is 4.79 Å². The molecule has 2 aromatic carbocycles. The third kappa shape index (κ3) is 4.70. The molecule has 1 heterocycles. The molecular weight excluding hydrogens is 360 g/mol. The van der Waals surface area contributed by atoms with Crippen LogP contribution in [0, 0.1) is 0 Å². The zero-order chi connectivity index (χ0) is 20.1. The molecule has 0 radical (unpaired) electrons. The highest BCUT2D eigenvalue weighted by Gasteiger charge is 2.10. The maximum Gasteiger partial charge on any atom is 0.290 e. The topological polar surface area (TPSA) is 125 Å². The molecule has 1 aromatic heterocycles. The van der Waals surface area contributed by atoms with E-state index in [2.05, 4.69) is 34.6 Å². The Balaban J connectivity index is 1.54. The minimum absolute atomic E-state index is 0.102. The molecule has 0 aliphatic rings. The molecule has 3 rings (SSSR count). The van der Waals surface area contributed by atoms with E-state index in [1.54, 1.807) is 24.3 Å². The van der Waals surface area contributed by atoms with Crippen molar-refractivity contribution >= 4 is 17.5 Å². The van der Waals surface area contributed by atoms with Gasteiger partial charge in [-0.15, -0.1) is 15.0 Å². The van der Waals surface area contributed by atoms with Crippen molar-refractivity contribution in [3.63, 3.8) is 0 Å². The summed E-state index contributed by atoms with van der Waals surface area (Å²) in [6, 6.07) is 14.4. The van der Waals surface area contributed by atoms with Crippen LogP contribution in [0.15, 0.2) is 48.5 Å². The van der Waals surface area contributed by atoms with E-state index in [9.17, 15) is 9.59 Å². The third-order valence-corrected chi connectivity index (χ3v) is 3.93. The highest BCUT2D eigenvalue weighted by atomic mass is 16.5. The van der Waals surface area contributed by atoms with Crippen LogP contribution >= 0.6 is 0 Å². The van der Waals surface area contributed by atoms with Crippen LogP contribution in [0.4, 0.5) is 5.69 Å². The van der Waals surface area contributed by atoms with Gasteiger partial charge in [0, 0.05) is 5.69 Å². The van der Waals surface area contributed by atoms with E-state index in [1.165, 1.54) is 10.4 Å². The van der Waals surface area contributed by atoms with Crippen molar-refractivity contribution in [1.82, 2.24) is 20.2 Å². The summed E-state index contributed by atoms with van der Waals surface area (Å²) in [7, 11) is 0. The second kappa shape index (κ2) is 8.30. The minimum Gasteiger partial charge on any atom is -0.484 e. The lowest BCUT2D eigenvalue weighted by atomic mass is 10.0. The zero-order valence-electron chi connectivity index (χ0n) is 15.5. The Hall–Kier alpha value is -3.75. The first kappa shape index (κ1) is 19.0. The van der Waals surface area contributed by atoms with Crippen molar-refractivity contribution < 1.29 is 14.3 Å². The summed E-state index contributed by atoms with van der Waals surface area (Å²) in [4.78, 5) is 24.3. The van der Waals surface area contributed by atoms with Gasteiger partial charge in [-0.05, 0) is 53.1 Å². The molecule has 0 fully saturated rings. The fourth-order valence-corrected chi connectivity index (χ4v) is 2.40. The Morgan fingerprint density at radius 3 is 2.36 bits per heavy atom. The van der Waals surface area contributed by atoms with Gasteiger partial charge in [-0.1, -0.05) is 26.0 Å². The highest BCUT2D eigenvalue weighted by molar-refractivity contribution is 5.92. The molecule has 144 valence electrons. The van der Waals surface area contributed by atoms with Crippen LogP contribution in [0.1, 0.15) is 35.9 Å². The van der Waals surface area contributed by atoms with Crippen molar-refractivity contribution in [2.45, 2.75) is 19.8 Å². The Kier molecular flexibility index (Phi) is 5.64. The fraction of sp³-hybridized carbons (Fsp3) is 0.211. The van der Waals surface area contributed by atoms with Crippen molar-refractivity contribution in [1.29, 1.82) is 0 Å². The summed E-state index contributed by atoms with van der Waals surface area (Å²) in [5.74, 6) is -0.131. The van der Waals surface area contributed by atoms with Gasteiger partial charge >= 0.3 is 0 Å². The number of carbonyl (C=O) groups excluding carboxylic acids is 2. The van der Waals surface area contributed by atoms with Gasteiger partial charge in [0.1, 0.15) is 5.75 Å². The van der Waals surface area contributed by atoms with Gasteiger partial charge in [-0.25, -0.2) is 0 Å². The van der Waals surface area contributed by atoms with Gasteiger partial charge in [-0.2, -0.15) is 0 Å². The molecule has 9 heteroatoms. The monoisotopic (exact) mass is 380 g/mol. The fourth-order valence-electron chi connectivity index (χ4n) is 2.40. The number of amides is 2. The zero-order valence-corrected chi connectivity index (χ0v) is 15.5. The van der Waals surface area contributed by atoms with Crippen LogP contribution in [0.2, 0.25) is 0 Å². The first-order valence-corrected chi connectivity index (χ1v) is 8.65. The summed E-state index contributed by atoms with van der Waals surface area (Å²) in [5, 5.41) is 13.9. The predicted molar refractivity (Wildman–Crippen MR) is 102 cm³/mol. The molecule has 28 heavy (non-hydrogen) atoms. The number of hydrogen-bond acceptors (Lipinski definition) is 6. The molecule has 0 bridgehead atoms. The Morgan fingerprint density at radius 2 is 1.79 bits per heavy atom. The number of ether oxygens (including phenoxy) is 1. The number of aromatic nitrogens is 4. The lowest BCUT2D eigenvalue weighted by molar-refractivity contribution is -0.118. The third-order valence-electron chi connectivity index (χ3n) is 3.93. The normalized spacial score (nSPS) is 10.7. The van der Waals surface area contributed by atoms with Crippen LogP contribution in [0.5, 0.6) is 5.75 Å². The van der Waals surface area contributed by atoms with E-state index >= 15 is 0 Å². The molecule has 0 saturated carbocycles. The number of hydrogen-bond donors (Lipinski definition) is 2. The minimum atomic E-state index is -0.756. The number of nitrogens with one attached hydrogen (secondary N) is 1. The number of rotatable bonds is 7. The lowest BCUT2D eigenvalue weighted by Crippen LogP contribution is -2.20. The second-order valence-corrected chi connectivity index (χ2v) is 6.37. The summed E-state index contributed by atoms with van der Waals surface area (Å²) in [6.45, 7) is 4.13. The molecular formula is C19H20N6O3. The van der Waals surface area contributed by atoms with E-state index in [-0.39, 0.29) is 18.3 Å². The molecule has 0 saturated heterocycles. The molecule has 0 spiro atoms. The van der Waals surface area contributed by atoms with E-state index in [4.69, 9.17) is 10.5 Å². The maximum atomic E-state index is 12.1.